The van der Waals surface area contributed by atoms with Gasteiger partial charge in [-0.15, -0.1) is 0 Å². The minimum atomic E-state index is -1.11. The predicted octanol–water partition coefficient (Wildman–Crippen LogP) is 0.153. The first kappa shape index (κ1) is 8.30. The molecule has 0 amide bonds. The Morgan fingerprint density at radius 3 is 3.18 bits per heavy atom. The molecule has 0 saturated heterocycles. The number of nitrogens with two attached hydrogens (primary N) is 1. The number of rotatable bonds is 4. The van der Waals surface area contributed by atoms with Gasteiger partial charge in [-0.3, -0.25) is 9.25 Å². The summed E-state index contributed by atoms with van der Waals surface area (Å²) in [4.78, 5) is 0. The molecule has 6 heteroatoms. The summed E-state index contributed by atoms with van der Waals surface area (Å²) in [6, 6.07) is 1.70. The van der Waals surface area contributed by atoms with E-state index in [4.69, 9.17) is 5.73 Å². The average Bonchev–Trinajstić information content (AvgIpc) is 2.37. The molecule has 1 rings (SSSR count). The van der Waals surface area contributed by atoms with Gasteiger partial charge in [-0.1, -0.05) is 0 Å². The number of nitrogens with zero attached hydrogens (tertiary/aromatic N) is 2. The summed E-state index contributed by atoms with van der Waals surface area (Å²) in [5.41, 5.74) is 5.35. The molecule has 1 heterocycles. The van der Waals surface area contributed by atoms with Gasteiger partial charge < -0.3 is 10.3 Å². The lowest BCUT2D eigenvalue weighted by Gasteiger charge is -1.97. The van der Waals surface area contributed by atoms with Gasteiger partial charge in [0.2, 0.25) is 0 Å². The lowest BCUT2D eigenvalue weighted by atomic mass is 10.6. The van der Waals surface area contributed by atoms with Crippen molar-refractivity contribution in [3.8, 4) is 0 Å². The molecule has 0 saturated carbocycles. The monoisotopic (exact) mass is 175 g/mol. The van der Waals surface area contributed by atoms with Gasteiger partial charge in [0.25, 0.3) is 0 Å². The van der Waals surface area contributed by atoms with Gasteiger partial charge in [0.15, 0.2) is 8.69 Å². The van der Waals surface area contributed by atoms with Crippen molar-refractivity contribution in [3.63, 3.8) is 0 Å². The summed E-state index contributed by atoms with van der Waals surface area (Å²) in [5, 5.41) is 3.90. The molecule has 0 bridgehead atoms. The fourth-order valence-electron chi connectivity index (χ4n) is 0.696. The summed E-state index contributed by atoms with van der Waals surface area (Å²) in [7, 11) is -1.11. The highest BCUT2D eigenvalue weighted by molar-refractivity contribution is 7.17. The minimum absolute atomic E-state index is 0.417. The van der Waals surface area contributed by atoms with Gasteiger partial charge in [0.1, 0.15) is 5.82 Å². The van der Waals surface area contributed by atoms with Crippen LogP contribution in [0.25, 0.3) is 0 Å². The standard InChI is InChI=1S/C5H10N3O2P/c6-5-1-2-8(7-5)3-4-10-11-9/h1-2H,3-4,11H2,(H2,6,7). The molecule has 1 atom stereocenters. The molecule has 0 spiro atoms. The maximum atomic E-state index is 9.93. The molecule has 0 radical (unpaired) electrons. The second-order valence-electron chi connectivity index (χ2n) is 1.97. The zero-order valence-corrected chi connectivity index (χ0v) is 7.09. The van der Waals surface area contributed by atoms with Crippen molar-refractivity contribution in [2.75, 3.05) is 12.3 Å². The van der Waals surface area contributed by atoms with E-state index in [-0.39, 0.29) is 0 Å². The lowest BCUT2D eigenvalue weighted by Crippen LogP contribution is -2.03. The van der Waals surface area contributed by atoms with Gasteiger partial charge in [-0.2, -0.15) is 5.10 Å². The van der Waals surface area contributed by atoms with Crippen LogP contribution in [0.5, 0.6) is 0 Å². The van der Waals surface area contributed by atoms with Crippen LogP contribution in [-0.4, -0.2) is 16.4 Å². The Labute approximate surface area is 65.4 Å². The average molecular weight is 175 g/mol. The van der Waals surface area contributed by atoms with Crippen LogP contribution in [0.3, 0.4) is 0 Å². The first-order chi connectivity index (χ1) is 5.33. The van der Waals surface area contributed by atoms with Crippen molar-refractivity contribution in [2.45, 2.75) is 6.54 Å². The minimum Gasteiger partial charge on any atom is -0.382 e. The van der Waals surface area contributed by atoms with Crippen molar-refractivity contribution in [1.29, 1.82) is 0 Å². The highest BCUT2D eigenvalue weighted by Crippen LogP contribution is 1.98. The molecule has 1 aromatic rings. The van der Waals surface area contributed by atoms with E-state index in [0.717, 1.165) is 0 Å². The van der Waals surface area contributed by atoms with Crippen LogP contribution in [0.1, 0.15) is 0 Å². The van der Waals surface area contributed by atoms with E-state index in [0.29, 0.717) is 19.0 Å². The topological polar surface area (TPSA) is 70.1 Å². The Balaban J connectivity index is 2.32. The largest absolute Gasteiger partial charge is 0.382 e. The van der Waals surface area contributed by atoms with Crippen molar-refractivity contribution >= 4 is 14.5 Å². The predicted molar refractivity (Wildman–Crippen MR) is 43.0 cm³/mol. The second-order valence-corrected chi connectivity index (χ2v) is 2.50. The van der Waals surface area contributed by atoms with E-state index in [2.05, 4.69) is 9.62 Å². The fourth-order valence-corrected chi connectivity index (χ4v) is 0.898. The zero-order chi connectivity index (χ0) is 8.10. The van der Waals surface area contributed by atoms with E-state index in [1.54, 1.807) is 16.9 Å². The molecule has 0 aliphatic heterocycles. The van der Waals surface area contributed by atoms with Crippen LogP contribution in [0.4, 0.5) is 5.82 Å². The van der Waals surface area contributed by atoms with Crippen molar-refractivity contribution in [1.82, 2.24) is 9.78 Å². The third kappa shape index (κ3) is 2.74. The number of aromatic nitrogens is 2. The summed E-state index contributed by atoms with van der Waals surface area (Å²) >= 11 is 0. The van der Waals surface area contributed by atoms with Gasteiger partial charge in [-0.25, -0.2) is 0 Å². The van der Waals surface area contributed by atoms with Crippen LogP contribution in [0.15, 0.2) is 12.3 Å². The van der Waals surface area contributed by atoms with Gasteiger partial charge in [0, 0.05) is 6.20 Å². The summed E-state index contributed by atoms with van der Waals surface area (Å²) in [6.07, 6.45) is 1.75. The SMILES string of the molecule is Nc1ccn(CCO[PH2]=O)n1. The van der Waals surface area contributed by atoms with Crippen molar-refractivity contribution < 1.29 is 9.09 Å². The van der Waals surface area contributed by atoms with Crippen LogP contribution < -0.4 is 5.73 Å². The molecule has 1 unspecified atom stereocenters. The normalized spacial score (nSPS) is 11.3. The van der Waals surface area contributed by atoms with Gasteiger partial charge in [-0.05, 0) is 6.07 Å². The van der Waals surface area contributed by atoms with Crippen LogP contribution in [-0.2, 0) is 15.6 Å². The highest BCUT2D eigenvalue weighted by atomic mass is 31.1. The summed E-state index contributed by atoms with van der Waals surface area (Å²) in [5.74, 6) is 0.486. The summed E-state index contributed by atoms with van der Waals surface area (Å²) < 4.78 is 16.2. The number of anilines is 1. The lowest BCUT2D eigenvalue weighted by molar-refractivity contribution is 0.314. The molecular formula is C5H10N3O2P. The molecule has 5 nitrogen and oxygen atoms in total. The fraction of sp³-hybridized carbons (Fsp3) is 0.400. The number of hydrogen-bond acceptors (Lipinski definition) is 4. The van der Waals surface area contributed by atoms with Crippen LogP contribution >= 0.6 is 8.69 Å². The molecule has 0 aliphatic carbocycles. The van der Waals surface area contributed by atoms with Gasteiger partial charge >= 0.3 is 0 Å². The van der Waals surface area contributed by atoms with E-state index >= 15 is 0 Å². The Morgan fingerprint density at radius 1 is 1.82 bits per heavy atom. The van der Waals surface area contributed by atoms with Gasteiger partial charge in [0.05, 0.1) is 13.2 Å². The van der Waals surface area contributed by atoms with Crippen LogP contribution in [0, 0.1) is 0 Å². The quantitative estimate of drug-likeness (QED) is 0.522. The van der Waals surface area contributed by atoms with E-state index in [9.17, 15) is 4.57 Å². The molecule has 1 aromatic heterocycles. The Hall–Kier alpha value is -0.800. The van der Waals surface area contributed by atoms with E-state index < -0.39 is 8.69 Å². The Bertz CT molecular complexity index is 237. The smallest absolute Gasteiger partial charge is 0.180 e. The number of hydrogen-bond donors (Lipinski definition) is 1. The molecule has 0 aliphatic rings. The Kier molecular flexibility index (Phi) is 3.14. The highest BCUT2D eigenvalue weighted by Gasteiger charge is 1.92. The first-order valence-electron chi connectivity index (χ1n) is 3.17. The second kappa shape index (κ2) is 4.16. The maximum Gasteiger partial charge on any atom is 0.180 e. The van der Waals surface area contributed by atoms with E-state index in [1.807, 2.05) is 0 Å². The third-order valence-electron chi connectivity index (χ3n) is 1.17. The van der Waals surface area contributed by atoms with Crippen molar-refractivity contribution in [2.24, 2.45) is 0 Å². The molecule has 62 valence electrons. The van der Waals surface area contributed by atoms with Crippen molar-refractivity contribution in [3.05, 3.63) is 12.3 Å². The first-order valence-corrected chi connectivity index (χ1v) is 4.11. The van der Waals surface area contributed by atoms with E-state index in [1.165, 1.54) is 0 Å². The van der Waals surface area contributed by atoms with Crippen LogP contribution in [0.2, 0.25) is 0 Å². The molecule has 0 aromatic carbocycles. The Morgan fingerprint density at radius 2 is 2.64 bits per heavy atom. The maximum absolute atomic E-state index is 9.93. The third-order valence-corrected chi connectivity index (χ3v) is 1.54. The molecule has 11 heavy (non-hydrogen) atoms. The molecule has 2 N–H and O–H groups in total. The zero-order valence-electron chi connectivity index (χ0n) is 5.93. The molecular weight excluding hydrogens is 165 g/mol. The molecule has 0 fully saturated rings. The number of nitrogen functional groups attached to an aromatic ring is 1. The summed E-state index contributed by atoms with van der Waals surface area (Å²) in [6.45, 7) is 1.01.